The molecule has 0 aromatic heterocycles. The van der Waals surface area contributed by atoms with Crippen molar-refractivity contribution in [2.24, 2.45) is 4.99 Å². The first-order valence-corrected chi connectivity index (χ1v) is 10.8. The Labute approximate surface area is 203 Å². The molecule has 0 bridgehead atoms. The predicted octanol–water partition coefficient (Wildman–Crippen LogP) is 3.44. The van der Waals surface area contributed by atoms with Gasteiger partial charge in [0.25, 0.3) is 0 Å². The fourth-order valence-corrected chi connectivity index (χ4v) is 3.49. The molecule has 1 saturated heterocycles. The van der Waals surface area contributed by atoms with Crippen molar-refractivity contribution in [1.29, 1.82) is 0 Å². The van der Waals surface area contributed by atoms with Crippen LogP contribution in [0.1, 0.15) is 23.6 Å². The summed E-state index contributed by atoms with van der Waals surface area (Å²) in [5.41, 5.74) is 3.89. The van der Waals surface area contributed by atoms with Crippen LogP contribution in [0.15, 0.2) is 53.5 Å². The molecule has 3 rings (SSSR count). The summed E-state index contributed by atoms with van der Waals surface area (Å²) >= 11 is 0. The molecule has 0 spiro atoms. The van der Waals surface area contributed by atoms with Crippen molar-refractivity contribution in [2.75, 3.05) is 46.5 Å². The summed E-state index contributed by atoms with van der Waals surface area (Å²) in [7, 11) is 1.69. The molecule has 1 fully saturated rings. The van der Waals surface area contributed by atoms with E-state index in [-0.39, 0.29) is 24.0 Å². The van der Waals surface area contributed by atoms with Gasteiger partial charge < -0.3 is 20.1 Å². The van der Waals surface area contributed by atoms with Crippen LogP contribution in [0.25, 0.3) is 0 Å². The van der Waals surface area contributed by atoms with Gasteiger partial charge in [-0.05, 0) is 42.2 Å². The van der Waals surface area contributed by atoms with Crippen molar-refractivity contribution in [2.45, 2.75) is 26.4 Å². The number of rotatable bonds is 9. The smallest absolute Gasteiger partial charge is 0.191 e. The van der Waals surface area contributed by atoms with Gasteiger partial charge in [-0.3, -0.25) is 4.90 Å². The number of ether oxygens (including phenoxy) is 2. The van der Waals surface area contributed by atoms with Gasteiger partial charge in [0.05, 0.1) is 26.9 Å². The summed E-state index contributed by atoms with van der Waals surface area (Å²) in [6.07, 6.45) is 0.933. The zero-order valence-electron chi connectivity index (χ0n) is 18.6. The van der Waals surface area contributed by atoms with E-state index in [1.54, 1.807) is 7.11 Å². The zero-order valence-corrected chi connectivity index (χ0v) is 20.9. The van der Waals surface area contributed by atoms with Crippen LogP contribution in [0.2, 0.25) is 0 Å². The first-order chi connectivity index (χ1) is 14.8. The van der Waals surface area contributed by atoms with E-state index in [2.05, 4.69) is 58.9 Å². The third-order valence-corrected chi connectivity index (χ3v) is 5.23. The fraction of sp³-hybridized carbons (Fsp3) is 0.458. The third kappa shape index (κ3) is 8.66. The van der Waals surface area contributed by atoms with Crippen LogP contribution in [0.3, 0.4) is 0 Å². The van der Waals surface area contributed by atoms with Crippen molar-refractivity contribution in [3.05, 3.63) is 65.2 Å². The summed E-state index contributed by atoms with van der Waals surface area (Å²) in [6, 6.07) is 16.8. The van der Waals surface area contributed by atoms with E-state index in [1.165, 1.54) is 16.7 Å². The minimum Gasteiger partial charge on any atom is -0.497 e. The van der Waals surface area contributed by atoms with E-state index in [0.717, 1.165) is 64.1 Å². The molecule has 0 saturated carbocycles. The Morgan fingerprint density at radius 3 is 2.42 bits per heavy atom. The van der Waals surface area contributed by atoms with Gasteiger partial charge in [-0.15, -0.1) is 24.0 Å². The first-order valence-electron chi connectivity index (χ1n) is 10.8. The molecule has 0 aliphatic carbocycles. The van der Waals surface area contributed by atoms with Crippen molar-refractivity contribution in [1.82, 2.24) is 15.5 Å². The Morgan fingerprint density at radius 1 is 1.03 bits per heavy atom. The number of hydrogen-bond donors (Lipinski definition) is 2. The summed E-state index contributed by atoms with van der Waals surface area (Å²) in [5.74, 6) is 1.74. The number of hydrogen-bond acceptors (Lipinski definition) is 4. The summed E-state index contributed by atoms with van der Waals surface area (Å²) in [4.78, 5) is 7.28. The van der Waals surface area contributed by atoms with E-state index in [0.29, 0.717) is 6.54 Å². The standard InChI is InChI=1S/C24H34N4O2.HI/c1-3-25-24(26-13-12-20-8-10-23(29-2)11-9-20)27-18-21-6-4-5-7-22(21)19-28-14-16-30-17-15-28;/h4-11H,3,12-19H2,1-2H3,(H2,25,26,27);1H. The molecule has 0 atom stereocenters. The molecule has 1 aliphatic heterocycles. The summed E-state index contributed by atoms with van der Waals surface area (Å²) in [6.45, 7) is 9.01. The fourth-order valence-electron chi connectivity index (χ4n) is 3.49. The topological polar surface area (TPSA) is 58.1 Å². The van der Waals surface area contributed by atoms with Gasteiger partial charge >= 0.3 is 0 Å². The van der Waals surface area contributed by atoms with Crippen molar-refractivity contribution in [3.63, 3.8) is 0 Å². The highest BCUT2D eigenvalue weighted by atomic mass is 127. The maximum atomic E-state index is 5.47. The molecule has 0 radical (unpaired) electrons. The Bertz CT molecular complexity index is 792. The van der Waals surface area contributed by atoms with E-state index in [9.17, 15) is 0 Å². The molecule has 0 amide bonds. The summed E-state index contributed by atoms with van der Waals surface area (Å²) < 4.78 is 10.7. The molecule has 7 heteroatoms. The third-order valence-electron chi connectivity index (χ3n) is 5.23. The van der Waals surface area contributed by atoms with Crippen LogP contribution in [-0.2, 0) is 24.2 Å². The number of nitrogens with one attached hydrogen (secondary N) is 2. The molecule has 0 unspecified atom stereocenters. The summed E-state index contributed by atoms with van der Waals surface area (Å²) in [5, 5.41) is 6.80. The minimum absolute atomic E-state index is 0. The molecule has 1 aliphatic rings. The van der Waals surface area contributed by atoms with E-state index in [1.807, 2.05) is 12.1 Å². The molecule has 31 heavy (non-hydrogen) atoms. The molecular formula is C24H35IN4O2. The van der Waals surface area contributed by atoms with Crippen LogP contribution in [0.4, 0.5) is 0 Å². The predicted molar refractivity (Wildman–Crippen MR) is 137 cm³/mol. The van der Waals surface area contributed by atoms with Gasteiger partial charge in [-0.2, -0.15) is 0 Å². The number of guanidine groups is 1. The van der Waals surface area contributed by atoms with Gasteiger partial charge in [-0.25, -0.2) is 4.99 Å². The van der Waals surface area contributed by atoms with E-state index >= 15 is 0 Å². The maximum absolute atomic E-state index is 5.47. The van der Waals surface area contributed by atoms with Crippen molar-refractivity contribution >= 4 is 29.9 Å². The number of methoxy groups -OCH3 is 1. The second kappa shape index (κ2) is 14.3. The number of benzene rings is 2. The minimum atomic E-state index is 0. The number of nitrogens with zero attached hydrogens (tertiary/aromatic N) is 2. The highest BCUT2D eigenvalue weighted by molar-refractivity contribution is 14.0. The second-order valence-electron chi connectivity index (χ2n) is 7.38. The quantitative estimate of drug-likeness (QED) is 0.291. The largest absolute Gasteiger partial charge is 0.497 e. The lowest BCUT2D eigenvalue weighted by Crippen LogP contribution is -2.38. The normalized spacial score (nSPS) is 14.6. The Balaban J connectivity index is 0.00000341. The van der Waals surface area contributed by atoms with Gasteiger partial charge in [0, 0.05) is 32.7 Å². The Morgan fingerprint density at radius 2 is 1.74 bits per heavy atom. The van der Waals surface area contributed by atoms with Crippen LogP contribution in [-0.4, -0.2) is 57.4 Å². The highest BCUT2D eigenvalue weighted by Crippen LogP contribution is 2.14. The van der Waals surface area contributed by atoms with Crippen LogP contribution in [0, 0.1) is 0 Å². The molecular weight excluding hydrogens is 503 g/mol. The lowest BCUT2D eigenvalue weighted by molar-refractivity contribution is 0.0341. The van der Waals surface area contributed by atoms with Crippen LogP contribution in [0.5, 0.6) is 5.75 Å². The molecule has 2 N–H and O–H groups in total. The number of halogens is 1. The average molecular weight is 538 g/mol. The van der Waals surface area contributed by atoms with E-state index < -0.39 is 0 Å². The zero-order chi connectivity index (χ0) is 21.0. The van der Waals surface area contributed by atoms with Gasteiger partial charge in [0.15, 0.2) is 5.96 Å². The van der Waals surface area contributed by atoms with Crippen LogP contribution >= 0.6 is 24.0 Å². The van der Waals surface area contributed by atoms with E-state index in [4.69, 9.17) is 14.5 Å². The van der Waals surface area contributed by atoms with Gasteiger partial charge in [0.1, 0.15) is 5.75 Å². The molecule has 1 heterocycles. The molecule has 2 aromatic rings. The number of morpholine rings is 1. The van der Waals surface area contributed by atoms with Gasteiger partial charge in [0.2, 0.25) is 0 Å². The number of aliphatic imine (C=N–C) groups is 1. The van der Waals surface area contributed by atoms with Crippen molar-refractivity contribution < 1.29 is 9.47 Å². The molecule has 6 nitrogen and oxygen atoms in total. The maximum Gasteiger partial charge on any atom is 0.191 e. The van der Waals surface area contributed by atoms with Crippen LogP contribution < -0.4 is 15.4 Å². The lowest BCUT2D eigenvalue weighted by Gasteiger charge is -2.27. The van der Waals surface area contributed by atoms with Gasteiger partial charge in [-0.1, -0.05) is 36.4 Å². The Kier molecular flexibility index (Phi) is 11.7. The monoisotopic (exact) mass is 538 g/mol. The van der Waals surface area contributed by atoms with Crippen molar-refractivity contribution in [3.8, 4) is 5.75 Å². The first kappa shape index (κ1) is 25.4. The molecule has 170 valence electrons. The SMILES string of the molecule is CCNC(=NCc1ccccc1CN1CCOCC1)NCCc1ccc(OC)cc1.I. The Hall–Kier alpha value is -1.84. The second-order valence-corrected chi connectivity index (χ2v) is 7.38. The molecule has 2 aromatic carbocycles. The average Bonchev–Trinajstić information content (AvgIpc) is 2.79. The lowest BCUT2D eigenvalue weighted by atomic mass is 10.1. The highest BCUT2D eigenvalue weighted by Gasteiger charge is 2.12.